The molecule has 0 spiro atoms. The van der Waals surface area contributed by atoms with Crippen molar-refractivity contribution in [2.24, 2.45) is 7.05 Å². The van der Waals surface area contributed by atoms with Crippen LogP contribution in [0.2, 0.25) is 0 Å². The van der Waals surface area contributed by atoms with Crippen LogP contribution in [0.1, 0.15) is 20.8 Å². The van der Waals surface area contributed by atoms with E-state index in [9.17, 15) is 13.2 Å². The van der Waals surface area contributed by atoms with Gasteiger partial charge in [0.15, 0.2) is 0 Å². The van der Waals surface area contributed by atoms with E-state index in [-0.39, 0.29) is 15.7 Å². The molecule has 0 radical (unpaired) electrons. The van der Waals surface area contributed by atoms with Gasteiger partial charge >= 0.3 is 0 Å². The first-order valence-corrected chi connectivity index (χ1v) is 12.3. The number of rotatable bonds is 6. The number of aromatic nitrogens is 2. The lowest BCUT2D eigenvalue weighted by molar-refractivity contribution is 0.0629. The van der Waals surface area contributed by atoms with Crippen molar-refractivity contribution in [3.63, 3.8) is 0 Å². The fourth-order valence-electron chi connectivity index (χ4n) is 3.63. The van der Waals surface area contributed by atoms with E-state index in [4.69, 9.17) is 0 Å². The van der Waals surface area contributed by atoms with Crippen molar-refractivity contribution in [1.82, 2.24) is 19.6 Å². The van der Waals surface area contributed by atoms with Gasteiger partial charge in [0, 0.05) is 46.0 Å². The van der Waals surface area contributed by atoms with Gasteiger partial charge in [0.25, 0.3) is 15.9 Å². The smallest absolute Gasteiger partial charge is 0.265 e. The number of hydrogen-bond acceptors (Lipinski definition) is 6. The number of nitrogens with one attached hydrogen (secondary N) is 1. The molecule has 0 unspecified atom stereocenters. The summed E-state index contributed by atoms with van der Waals surface area (Å²) in [6.07, 6.45) is 3.00. The van der Waals surface area contributed by atoms with E-state index in [1.54, 1.807) is 23.5 Å². The number of benzene rings is 1. The highest BCUT2D eigenvalue weighted by Crippen LogP contribution is 2.26. The van der Waals surface area contributed by atoms with E-state index in [0.29, 0.717) is 18.8 Å². The number of amides is 1. The monoisotopic (exact) mass is 459 g/mol. The van der Waals surface area contributed by atoms with Gasteiger partial charge in [-0.15, -0.1) is 11.3 Å². The van der Waals surface area contributed by atoms with Crippen molar-refractivity contribution in [2.75, 3.05) is 30.9 Å². The number of carbonyl (C=O) groups excluding carboxylic acids is 1. The van der Waals surface area contributed by atoms with E-state index >= 15 is 0 Å². The van der Waals surface area contributed by atoms with Crippen LogP contribution >= 0.6 is 11.3 Å². The Labute approximate surface area is 186 Å². The molecule has 31 heavy (non-hydrogen) atoms. The van der Waals surface area contributed by atoms with Crippen LogP contribution in [0.25, 0.3) is 0 Å². The highest BCUT2D eigenvalue weighted by Gasteiger charge is 2.29. The molecule has 0 bridgehead atoms. The van der Waals surface area contributed by atoms with Crippen molar-refractivity contribution < 1.29 is 13.2 Å². The quantitative estimate of drug-likeness (QED) is 0.612. The van der Waals surface area contributed by atoms with Gasteiger partial charge in [-0.25, -0.2) is 8.42 Å². The molecule has 10 heteroatoms. The Balaban J connectivity index is 1.42. The second-order valence-electron chi connectivity index (χ2n) is 7.62. The van der Waals surface area contributed by atoms with Gasteiger partial charge < -0.3 is 4.90 Å². The third-order valence-electron chi connectivity index (χ3n) is 5.38. The maximum atomic E-state index is 13.1. The number of sulfonamides is 1. The van der Waals surface area contributed by atoms with Crippen LogP contribution in [0.15, 0.2) is 53.0 Å². The highest BCUT2D eigenvalue weighted by atomic mass is 32.2. The normalized spacial score (nSPS) is 15.2. The topological polar surface area (TPSA) is 87.5 Å². The van der Waals surface area contributed by atoms with Crippen LogP contribution in [0.3, 0.4) is 0 Å². The number of hydrogen-bond donors (Lipinski definition) is 1. The largest absolute Gasteiger partial charge is 0.335 e. The molecule has 8 nitrogen and oxygen atoms in total. The Hall–Kier alpha value is -2.69. The zero-order valence-corrected chi connectivity index (χ0v) is 19.1. The predicted octanol–water partition coefficient (Wildman–Crippen LogP) is 2.55. The van der Waals surface area contributed by atoms with E-state index < -0.39 is 10.0 Å². The second-order valence-corrected chi connectivity index (χ2v) is 10.2. The molecule has 3 aromatic rings. The third kappa shape index (κ3) is 4.81. The standard InChI is InChI=1S/C21H25N5O3S2/c1-16-5-3-4-6-17(16)14-25-8-10-26(11-9-25)21(27)20-19(7-12-30-20)31(28,29)23-18-13-22-24(2)15-18/h3-7,12-13,15,23H,8-11,14H2,1-2H3. The molecule has 0 aliphatic carbocycles. The lowest BCUT2D eigenvalue weighted by atomic mass is 10.1. The predicted molar refractivity (Wildman–Crippen MR) is 121 cm³/mol. The number of nitrogens with zero attached hydrogens (tertiary/aromatic N) is 4. The van der Waals surface area contributed by atoms with Gasteiger partial charge in [-0.3, -0.25) is 19.1 Å². The molecule has 2 aromatic heterocycles. The third-order valence-corrected chi connectivity index (χ3v) is 7.84. The van der Waals surface area contributed by atoms with Crippen molar-refractivity contribution in [2.45, 2.75) is 18.4 Å². The molecular weight excluding hydrogens is 434 g/mol. The summed E-state index contributed by atoms with van der Waals surface area (Å²) in [5, 5.41) is 5.61. The minimum Gasteiger partial charge on any atom is -0.335 e. The van der Waals surface area contributed by atoms with E-state index in [0.717, 1.165) is 31.0 Å². The van der Waals surface area contributed by atoms with Gasteiger partial charge in [0.2, 0.25) is 0 Å². The van der Waals surface area contributed by atoms with Crippen molar-refractivity contribution in [3.05, 3.63) is 64.1 Å². The fraction of sp³-hybridized carbons (Fsp3) is 0.333. The summed E-state index contributed by atoms with van der Waals surface area (Å²) >= 11 is 1.15. The minimum atomic E-state index is -3.88. The molecule has 3 heterocycles. The van der Waals surface area contributed by atoms with Crippen LogP contribution in [0.5, 0.6) is 0 Å². The maximum absolute atomic E-state index is 13.1. The zero-order chi connectivity index (χ0) is 22.0. The van der Waals surface area contributed by atoms with Gasteiger partial charge in [-0.05, 0) is 29.5 Å². The summed E-state index contributed by atoms with van der Waals surface area (Å²) in [5.41, 5.74) is 2.91. The molecule has 1 aromatic carbocycles. The Morgan fingerprint density at radius 2 is 1.90 bits per heavy atom. The van der Waals surface area contributed by atoms with Crippen molar-refractivity contribution >= 4 is 33.0 Å². The molecule has 1 amide bonds. The van der Waals surface area contributed by atoms with Crippen LogP contribution in [-0.2, 0) is 23.6 Å². The van der Waals surface area contributed by atoms with Gasteiger partial charge in [0.05, 0.1) is 11.9 Å². The Morgan fingerprint density at radius 1 is 1.16 bits per heavy atom. The van der Waals surface area contributed by atoms with Gasteiger partial charge in [-0.2, -0.15) is 5.10 Å². The lowest BCUT2D eigenvalue weighted by Crippen LogP contribution is -2.48. The van der Waals surface area contributed by atoms with Crippen LogP contribution in [0, 0.1) is 6.92 Å². The molecule has 1 N–H and O–H groups in total. The summed E-state index contributed by atoms with van der Waals surface area (Å²) in [7, 11) is -2.17. The molecule has 1 saturated heterocycles. The molecule has 1 aliphatic heterocycles. The summed E-state index contributed by atoms with van der Waals surface area (Å²) < 4.78 is 29.7. The number of aryl methyl sites for hydroxylation is 2. The Morgan fingerprint density at radius 3 is 2.58 bits per heavy atom. The molecule has 0 saturated carbocycles. The molecule has 1 fully saturated rings. The van der Waals surface area contributed by atoms with Crippen LogP contribution in [0.4, 0.5) is 5.69 Å². The number of piperazine rings is 1. The fourth-order valence-corrected chi connectivity index (χ4v) is 6.05. The number of anilines is 1. The van der Waals surface area contributed by atoms with Crippen LogP contribution < -0.4 is 4.72 Å². The highest BCUT2D eigenvalue weighted by molar-refractivity contribution is 7.93. The number of carbonyl (C=O) groups is 1. The molecule has 4 rings (SSSR count). The Kier molecular flexibility index (Phi) is 6.12. The average molecular weight is 460 g/mol. The maximum Gasteiger partial charge on any atom is 0.265 e. The molecular formula is C21H25N5O3S2. The average Bonchev–Trinajstić information content (AvgIpc) is 3.39. The van der Waals surface area contributed by atoms with Crippen molar-refractivity contribution in [3.8, 4) is 0 Å². The first kappa shape index (κ1) is 21.5. The van der Waals surface area contributed by atoms with E-state index in [1.807, 2.05) is 12.1 Å². The SMILES string of the molecule is Cc1ccccc1CN1CCN(C(=O)c2sccc2S(=O)(=O)Nc2cnn(C)c2)CC1. The summed E-state index contributed by atoms with van der Waals surface area (Å²) in [4.78, 5) is 17.4. The lowest BCUT2D eigenvalue weighted by Gasteiger charge is -2.35. The van der Waals surface area contributed by atoms with Gasteiger partial charge in [-0.1, -0.05) is 24.3 Å². The summed E-state index contributed by atoms with van der Waals surface area (Å²) in [6, 6.07) is 9.79. The van der Waals surface area contributed by atoms with Gasteiger partial charge in [0.1, 0.15) is 9.77 Å². The first-order valence-electron chi connectivity index (χ1n) is 9.98. The van der Waals surface area contributed by atoms with E-state index in [1.165, 1.54) is 28.1 Å². The Bertz CT molecular complexity index is 1180. The second kappa shape index (κ2) is 8.81. The summed E-state index contributed by atoms with van der Waals surface area (Å²) in [6.45, 7) is 5.59. The minimum absolute atomic E-state index is 0.00805. The summed E-state index contributed by atoms with van der Waals surface area (Å²) in [5.74, 6) is -0.239. The number of thiophene rings is 1. The molecule has 0 atom stereocenters. The zero-order valence-electron chi connectivity index (χ0n) is 17.5. The molecule has 164 valence electrons. The van der Waals surface area contributed by atoms with Crippen LogP contribution in [-0.4, -0.2) is 60.1 Å². The molecule has 1 aliphatic rings. The van der Waals surface area contributed by atoms with E-state index in [2.05, 4.69) is 33.8 Å². The first-order chi connectivity index (χ1) is 14.8. The van der Waals surface area contributed by atoms with Crippen molar-refractivity contribution in [1.29, 1.82) is 0 Å².